The lowest BCUT2D eigenvalue weighted by atomic mass is 10.3. The predicted molar refractivity (Wildman–Crippen MR) is 66.0 cm³/mol. The Hall–Kier alpha value is -2.77. The molecule has 8 nitrogen and oxygen atoms in total. The number of hydrogen-bond donors (Lipinski definition) is 1. The first-order chi connectivity index (χ1) is 9.47. The largest absolute Gasteiger partial charge is 0.476 e. The lowest BCUT2D eigenvalue weighted by Gasteiger charge is -2.14. The number of rotatable bonds is 4. The molecule has 104 valence electrons. The zero-order valence-corrected chi connectivity index (χ0v) is 10.9. The van der Waals surface area contributed by atoms with E-state index in [4.69, 9.17) is 9.63 Å². The van der Waals surface area contributed by atoms with Gasteiger partial charge < -0.3 is 14.5 Å². The Kier molecular flexibility index (Phi) is 3.74. The molecule has 1 amide bonds. The van der Waals surface area contributed by atoms with Crippen molar-refractivity contribution in [3.8, 4) is 0 Å². The molecule has 0 aromatic carbocycles. The predicted octanol–water partition coefficient (Wildman–Crippen LogP) is 0.743. The summed E-state index contributed by atoms with van der Waals surface area (Å²) in [5.74, 6) is -0.913. The fraction of sp³-hybridized carbons (Fsp3) is 0.250. The quantitative estimate of drug-likeness (QED) is 0.877. The number of aromatic carboxylic acids is 1. The van der Waals surface area contributed by atoms with Crippen molar-refractivity contribution >= 4 is 11.9 Å². The standard InChI is InChI=1S/C12H12N4O4/c1-7-3-8(15-20-7)6-16(2)11(17)9-4-14-10(5-13-9)12(18)19/h3-5H,6H2,1-2H3,(H,18,19). The highest BCUT2D eigenvalue weighted by Crippen LogP contribution is 2.07. The van der Waals surface area contributed by atoms with Crippen LogP contribution < -0.4 is 0 Å². The Labute approximate surface area is 114 Å². The van der Waals surface area contributed by atoms with Gasteiger partial charge in [-0.1, -0.05) is 5.16 Å². The summed E-state index contributed by atoms with van der Waals surface area (Å²) in [6.07, 6.45) is 2.18. The smallest absolute Gasteiger partial charge is 0.356 e. The van der Waals surface area contributed by atoms with E-state index in [2.05, 4.69) is 15.1 Å². The van der Waals surface area contributed by atoms with Gasteiger partial charge in [-0.3, -0.25) is 4.79 Å². The highest BCUT2D eigenvalue weighted by molar-refractivity contribution is 5.92. The first-order valence-electron chi connectivity index (χ1n) is 5.70. The average Bonchev–Trinajstić information content (AvgIpc) is 2.83. The molecule has 0 fully saturated rings. The molecule has 0 aliphatic heterocycles. The lowest BCUT2D eigenvalue weighted by Crippen LogP contribution is -2.27. The van der Waals surface area contributed by atoms with Crippen molar-refractivity contribution < 1.29 is 19.2 Å². The molecule has 0 saturated heterocycles. The van der Waals surface area contributed by atoms with Crippen LogP contribution in [0.3, 0.4) is 0 Å². The van der Waals surface area contributed by atoms with Crippen LogP contribution in [0.15, 0.2) is 23.0 Å². The summed E-state index contributed by atoms with van der Waals surface area (Å²) in [5.41, 5.74) is 0.475. The van der Waals surface area contributed by atoms with Crippen LogP contribution in [0.1, 0.15) is 32.4 Å². The van der Waals surface area contributed by atoms with Crippen molar-refractivity contribution in [1.82, 2.24) is 20.0 Å². The van der Waals surface area contributed by atoms with E-state index in [1.165, 1.54) is 4.90 Å². The topological polar surface area (TPSA) is 109 Å². The molecule has 0 radical (unpaired) electrons. The second-order valence-corrected chi connectivity index (χ2v) is 4.18. The van der Waals surface area contributed by atoms with Crippen LogP contribution in [0.25, 0.3) is 0 Å². The number of aromatic nitrogens is 3. The van der Waals surface area contributed by atoms with Gasteiger partial charge in [0.2, 0.25) is 0 Å². The van der Waals surface area contributed by atoms with Crippen LogP contribution in [-0.2, 0) is 6.54 Å². The maximum atomic E-state index is 12.1. The third kappa shape index (κ3) is 2.97. The average molecular weight is 276 g/mol. The minimum absolute atomic E-state index is 0.0673. The molecule has 0 aliphatic carbocycles. The Morgan fingerprint density at radius 2 is 1.95 bits per heavy atom. The van der Waals surface area contributed by atoms with E-state index in [0.29, 0.717) is 11.5 Å². The van der Waals surface area contributed by atoms with Crippen LogP contribution in [0.5, 0.6) is 0 Å². The SMILES string of the molecule is Cc1cc(CN(C)C(=O)c2cnc(C(=O)O)cn2)no1. The van der Waals surface area contributed by atoms with Gasteiger partial charge in [-0.05, 0) is 6.92 Å². The normalized spacial score (nSPS) is 10.3. The van der Waals surface area contributed by atoms with E-state index < -0.39 is 5.97 Å². The summed E-state index contributed by atoms with van der Waals surface area (Å²) >= 11 is 0. The third-order valence-electron chi connectivity index (χ3n) is 2.51. The summed E-state index contributed by atoms with van der Waals surface area (Å²) in [7, 11) is 1.58. The van der Waals surface area contributed by atoms with E-state index in [-0.39, 0.29) is 23.8 Å². The van der Waals surface area contributed by atoms with E-state index in [1.54, 1.807) is 20.0 Å². The number of hydrogen-bond acceptors (Lipinski definition) is 6. The van der Waals surface area contributed by atoms with Gasteiger partial charge in [-0.25, -0.2) is 14.8 Å². The van der Waals surface area contributed by atoms with Gasteiger partial charge >= 0.3 is 5.97 Å². The van der Waals surface area contributed by atoms with Gasteiger partial charge in [0.05, 0.1) is 18.9 Å². The molecule has 1 N–H and O–H groups in total. The van der Waals surface area contributed by atoms with E-state index in [0.717, 1.165) is 12.4 Å². The zero-order valence-electron chi connectivity index (χ0n) is 10.9. The van der Waals surface area contributed by atoms with Crippen molar-refractivity contribution in [3.63, 3.8) is 0 Å². The van der Waals surface area contributed by atoms with Gasteiger partial charge in [0.25, 0.3) is 5.91 Å². The van der Waals surface area contributed by atoms with Crippen LogP contribution in [-0.4, -0.2) is 44.1 Å². The molecule has 2 rings (SSSR count). The summed E-state index contributed by atoms with van der Waals surface area (Å²) in [5, 5.41) is 12.5. The molecule has 0 aliphatic rings. The van der Waals surface area contributed by atoms with Gasteiger partial charge in [0.15, 0.2) is 5.69 Å². The first-order valence-corrected chi connectivity index (χ1v) is 5.70. The molecule has 0 atom stereocenters. The molecule has 2 aromatic heterocycles. The van der Waals surface area contributed by atoms with Crippen molar-refractivity contribution in [1.29, 1.82) is 0 Å². The Bertz CT molecular complexity index is 635. The third-order valence-corrected chi connectivity index (χ3v) is 2.51. The van der Waals surface area contributed by atoms with E-state index in [9.17, 15) is 9.59 Å². The molecule has 0 spiro atoms. The maximum absolute atomic E-state index is 12.1. The minimum atomic E-state index is -1.19. The maximum Gasteiger partial charge on any atom is 0.356 e. The molecule has 0 unspecified atom stereocenters. The second-order valence-electron chi connectivity index (χ2n) is 4.18. The second kappa shape index (κ2) is 5.47. The molecule has 0 bridgehead atoms. The molecule has 8 heteroatoms. The molecule has 0 saturated carbocycles. The fourth-order valence-corrected chi connectivity index (χ4v) is 1.55. The van der Waals surface area contributed by atoms with Crippen LogP contribution in [0.2, 0.25) is 0 Å². The lowest BCUT2D eigenvalue weighted by molar-refractivity contribution is 0.0687. The monoisotopic (exact) mass is 276 g/mol. The minimum Gasteiger partial charge on any atom is -0.476 e. The van der Waals surface area contributed by atoms with Gasteiger partial charge in [-0.15, -0.1) is 0 Å². The number of nitrogens with zero attached hydrogens (tertiary/aromatic N) is 4. The molecular weight excluding hydrogens is 264 g/mol. The summed E-state index contributed by atoms with van der Waals surface area (Å²) in [4.78, 5) is 31.5. The van der Waals surface area contributed by atoms with E-state index in [1.807, 2.05) is 0 Å². The van der Waals surface area contributed by atoms with Crippen molar-refractivity contribution in [2.75, 3.05) is 7.05 Å². The van der Waals surface area contributed by atoms with Crippen molar-refractivity contribution in [3.05, 3.63) is 41.3 Å². The van der Waals surface area contributed by atoms with Crippen molar-refractivity contribution in [2.24, 2.45) is 0 Å². The highest BCUT2D eigenvalue weighted by atomic mass is 16.5. The Morgan fingerprint density at radius 1 is 1.30 bits per heavy atom. The number of amides is 1. The summed E-state index contributed by atoms with van der Waals surface area (Å²) in [6.45, 7) is 2.02. The number of aryl methyl sites for hydroxylation is 1. The fourth-order valence-electron chi connectivity index (χ4n) is 1.55. The summed E-state index contributed by atoms with van der Waals surface area (Å²) in [6, 6.07) is 1.73. The van der Waals surface area contributed by atoms with Gasteiger partial charge in [-0.2, -0.15) is 0 Å². The number of carbonyl (C=O) groups is 2. The Morgan fingerprint density at radius 3 is 2.45 bits per heavy atom. The van der Waals surface area contributed by atoms with Crippen LogP contribution in [0.4, 0.5) is 0 Å². The molecule has 2 aromatic rings. The first kappa shape index (κ1) is 13.7. The number of carboxylic acid groups (broad SMARTS) is 1. The van der Waals surface area contributed by atoms with Crippen LogP contribution in [0, 0.1) is 6.92 Å². The zero-order chi connectivity index (χ0) is 14.7. The van der Waals surface area contributed by atoms with Crippen LogP contribution >= 0.6 is 0 Å². The number of carboxylic acids is 1. The number of carbonyl (C=O) groups excluding carboxylic acids is 1. The van der Waals surface area contributed by atoms with Gasteiger partial charge in [0.1, 0.15) is 17.1 Å². The summed E-state index contributed by atoms with van der Waals surface area (Å²) < 4.78 is 4.91. The highest BCUT2D eigenvalue weighted by Gasteiger charge is 2.16. The molecular formula is C12H12N4O4. The van der Waals surface area contributed by atoms with E-state index >= 15 is 0 Å². The Balaban J connectivity index is 2.08. The van der Waals surface area contributed by atoms with Crippen molar-refractivity contribution in [2.45, 2.75) is 13.5 Å². The molecule has 2 heterocycles. The molecule has 20 heavy (non-hydrogen) atoms. The van der Waals surface area contributed by atoms with Gasteiger partial charge in [0, 0.05) is 13.1 Å².